The average Bonchev–Trinajstić information content (AvgIpc) is 3.25. The molecule has 0 saturated carbocycles. The van der Waals surface area contributed by atoms with Gasteiger partial charge in [-0.2, -0.15) is 0 Å². The lowest BCUT2D eigenvalue weighted by Gasteiger charge is -2.31. The zero-order valence-corrected chi connectivity index (χ0v) is 44.8. The molecular formula is C54H64FN11O16. The highest BCUT2D eigenvalue weighted by Gasteiger charge is 2.46. The van der Waals surface area contributed by atoms with E-state index in [-0.39, 0.29) is 62.9 Å². The molecule has 0 radical (unpaired) electrons. The summed E-state index contributed by atoms with van der Waals surface area (Å²) in [7, 11) is 0. The van der Waals surface area contributed by atoms with Gasteiger partial charge in [0.1, 0.15) is 50.1 Å². The van der Waals surface area contributed by atoms with E-state index >= 15 is 4.39 Å². The normalized spacial score (nSPS) is 20.9. The van der Waals surface area contributed by atoms with Gasteiger partial charge < -0.3 is 82.8 Å². The molecule has 3 aliphatic heterocycles. The quantitative estimate of drug-likeness (QED) is 0.0161. The van der Waals surface area contributed by atoms with E-state index in [1.54, 1.807) is 50.2 Å². The number of aryl methyl sites for hydroxylation is 1. The largest absolute Gasteiger partial charge is 0.458 e. The number of aromatic nitrogens is 2. The van der Waals surface area contributed by atoms with Gasteiger partial charge in [0.25, 0.3) is 5.56 Å². The van der Waals surface area contributed by atoms with Gasteiger partial charge in [-0.05, 0) is 60.9 Å². The number of rotatable bonds is 24. The Morgan fingerprint density at radius 2 is 1.57 bits per heavy atom. The van der Waals surface area contributed by atoms with Gasteiger partial charge in [0, 0.05) is 42.0 Å². The van der Waals surface area contributed by atoms with E-state index in [1.807, 2.05) is 0 Å². The SMILES string of the molecule is CC[C@@]1(O)C(=O)OCc2c1cc1n(c2=O)Cc2c-1nc1cc(F)c(C)c3c1c2[C@@H](NC(=O)COCNC(=O)CNC(=O)[C@H](Cc1ccccc1)NC(=O)CNC(=O)CNC(=O)[C@@H](N)CCC(=O)NC[C@H]1O[C@@H](CC(N)=O)[C@H](O)[C@@H]1O)CC3. The average molecular weight is 1140 g/mol. The lowest BCUT2D eigenvalue weighted by Crippen LogP contribution is -2.52. The molecule has 0 unspecified atom stereocenters. The molecule has 4 aliphatic rings. The maximum atomic E-state index is 15.4. The Morgan fingerprint density at radius 3 is 2.29 bits per heavy atom. The number of nitrogens with zero attached hydrogens (tertiary/aromatic N) is 2. The zero-order chi connectivity index (χ0) is 59.2. The number of ether oxygens (including phenoxy) is 3. The molecule has 27 nitrogen and oxygen atoms in total. The van der Waals surface area contributed by atoms with Gasteiger partial charge in [-0.25, -0.2) is 14.2 Å². The molecule has 28 heteroatoms. The van der Waals surface area contributed by atoms with Crippen LogP contribution in [0.2, 0.25) is 0 Å². The van der Waals surface area contributed by atoms with E-state index in [0.717, 1.165) is 0 Å². The minimum atomic E-state index is -2.07. The second-order valence-corrected chi connectivity index (χ2v) is 20.4. The van der Waals surface area contributed by atoms with Crippen molar-refractivity contribution in [2.45, 2.75) is 120 Å². The minimum Gasteiger partial charge on any atom is -0.458 e. The van der Waals surface area contributed by atoms with Crippen LogP contribution >= 0.6 is 0 Å². The first-order valence-corrected chi connectivity index (χ1v) is 26.5. The fourth-order valence-electron chi connectivity index (χ4n) is 10.5. The summed E-state index contributed by atoms with van der Waals surface area (Å²) in [4.78, 5) is 133. The van der Waals surface area contributed by atoms with Crippen LogP contribution in [-0.4, -0.2) is 154 Å². The van der Waals surface area contributed by atoms with Crippen LogP contribution in [0.4, 0.5) is 4.39 Å². The number of benzene rings is 2. The number of cyclic esters (lactones) is 1. The van der Waals surface area contributed by atoms with Crippen LogP contribution in [-0.2, 0) is 89.0 Å². The Morgan fingerprint density at radius 1 is 0.878 bits per heavy atom. The first-order valence-electron chi connectivity index (χ1n) is 26.5. The van der Waals surface area contributed by atoms with Gasteiger partial charge in [-0.15, -0.1) is 0 Å². The molecule has 8 atom stereocenters. The summed E-state index contributed by atoms with van der Waals surface area (Å²) in [5.41, 5.74) is 12.7. The number of amides is 8. The van der Waals surface area contributed by atoms with Gasteiger partial charge in [0.15, 0.2) is 5.60 Å². The van der Waals surface area contributed by atoms with Gasteiger partial charge in [-0.1, -0.05) is 37.3 Å². The van der Waals surface area contributed by atoms with E-state index in [1.165, 1.54) is 10.6 Å². The van der Waals surface area contributed by atoms with Crippen molar-refractivity contribution >= 4 is 64.1 Å². The summed E-state index contributed by atoms with van der Waals surface area (Å²) in [5, 5.41) is 49.7. The highest BCUT2D eigenvalue weighted by Crippen LogP contribution is 2.46. The summed E-state index contributed by atoms with van der Waals surface area (Å²) in [6.07, 6.45) is -4.88. The number of halogens is 1. The third-order valence-corrected chi connectivity index (χ3v) is 14.9. The highest BCUT2D eigenvalue weighted by molar-refractivity contribution is 5.95. The third-order valence-electron chi connectivity index (χ3n) is 14.9. The molecule has 1 aliphatic carbocycles. The summed E-state index contributed by atoms with van der Waals surface area (Å²) < 4.78 is 32.9. The Bertz CT molecular complexity index is 3270. The molecule has 82 heavy (non-hydrogen) atoms. The van der Waals surface area contributed by atoms with Crippen LogP contribution in [0, 0.1) is 12.7 Å². The maximum absolute atomic E-state index is 15.4. The van der Waals surface area contributed by atoms with E-state index in [0.29, 0.717) is 62.9 Å². The van der Waals surface area contributed by atoms with Crippen molar-refractivity contribution in [2.75, 3.05) is 39.5 Å². The highest BCUT2D eigenvalue weighted by atomic mass is 19.1. The second-order valence-electron chi connectivity index (χ2n) is 20.4. The van der Waals surface area contributed by atoms with Crippen molar-refractivity contribution in [1.29, 1.82) is 0 Å². The van der Waals surface area contributed by atoms with Crippen molar-refractivity contribution in [3.63, 3.8) is 0 Å². The van der Waals surface area contributed by atoms with Gasteiger partial charge in [0.2, 0.25) is 47.3 Å². The Balaban J connectivity index is 0.781. The topological polar surface area (TPSA) is 413 Å². The van der Waals surface area contributed by atoms with Crippen LogP contribution in [0.3, 0.4) is 0 Å². The third kappa shape index (κ3) is 13.2. The summed E-state index contributed by atoms with van der Waals surface area (Å²) >= 11 is 0. The fraction of sp³-hybridized carbons (Fsp3) is 0.463. The Hall–Kier alpha value is -8.28. The lowest BCUT2D eigenvalue weighted by atomic mass is 9.81. The van der Waals surface area contributed by atoms with E-state index < -0.39 is 146 Å². The molecule has 8 amide bonds. The van der Waals surface area contributed by atoms with Crippen LogP contribution in [0.15, 0.2) is 47.3 Å². The predicted molar refractivity (Wildman–Crippen MR) is 283 cm³/mol. The molecule has 1 fully saturated rings. The molecule has 4 aromatic rings. The van der Waals surface area contributed by atoms with Gasteiger partial charge in [-0.3, -0.25) is 43.2 Å². The molecule has 5 heterocycles. The van der Waals surface area contributed by atoms with Gasteiger partial charge >= 0.3 is 5.97 Å². The zero-order valence-electron chi connectivity index (χ0n) is 44.8. The fourth-order valence-corrected chi connectivity index (χ4v) is 10.5. The molecular weight excluding hydrogens is 1080 g/mol. The molecule has 1 saturated heterocycles. The number of hydrogen-bond donors (Lipinski definition) is 12. The smallest absolute Gasteiger partial charge is 0.343 e. The number of hydrogen-bond acceptors (Lipinski definition) is 18. The van der Waals surface area contributed by atoms with E-state index in [2.05, 4.69) is 37.2 Å². The van der Waals surface area contributed by atoms with Crippen molar-refractivity contribution < 1.29 is 77.1 Å². The van der Waals surface area contributed by atoms with E-state index in [9.17, 15) is 63.3 Å². The summed E-state index contributed by atoms with van der Waals surface area (Å²) in [6, 6.07) is 8.36. The van der Waals surface area contributed by atoms with Crippen molar-refractivity contribution in [3.05, 3.63) is 97.6 Å². The number of carbonyl (C=O) groups excluding carboxylic acids is 9. The number of nitrogens with one attached hydrogen (secondary N) is 7. The number of nitrogens with two attached hydrogens (primary N) is 2. The number of esters is 1. The van der Waals surface area contributed by atoms with Crippen molar-refractivity contribution in [3.8, 4) is 11.4 Å². The molecule has 2 aromatic carbocycles. The summed E-state index contributed by atoms with van der Waals surface area (Å²) in [6.45, 7) is -0.00312. The van der Waals surface area contributed by atoms with Crippen LogP contribution in [0.5, 0.6) is 0 Å². The van der Waals surface area contributed by atoms with Crippen LogP contribution in [0.1, 0.15) is 84.0 Å². The van der Waals surface area contributed by atoms with Gasteiger partial charge in [0.05, 0.1) is 73.3 Å². The standard InChI is InChI=1S/C54H64FN11O16/c1-3-54(79)30-14-36-47-28(21-66(36)52(77)29(30)22-81-53(54)78)46-33(11-9-27-25(2)31(55)15-34(65-47)45(27)46)63-44(72)23-80-24-62-42(70)19-61-51(76)35(13-26-7-5-4-6-8-26)64-43(71)20-59-41(69)18-60-50(75)32(56)10-12-40(68)58-17-38-49(74)48(73)37(82-38)16-39(57)67/h4-8,14-15,32-33,35,37-38,48-49,73-74,79H,3,9-13,16-24,56H2,1-2H3,(H2,57,67)(H,58,68)(H,59,69)(H,60,75)(H,61,76)(H,62,70)(H,63,72)(H,64,71)/t32-,33-,35-,37-,38+,48-,49+,54-/m0/s1. The maximum Gasteiger partial charge on any atom is 0.343 e. The summed E-state index contributed by atoms with van der Waals surface area (Å²) in [5.74, 6) is -7.07. The molecule has 438 valence electrons. The molecule has 14 N–H and O–H groups in total. The number of fused-ring (bicyclic) bond motifs is 5. The molecule has 0 spiro atoms. The van der Waals surface area contributed by atoms with Crippen LogP contribution in [0.25, 0.3) is 22.3 Å². The lowest BCUT2D eigenvalue weighted by molar-refractivity contribution is -0.172. The molecule has 0 bridgehead atoms. The molecule has 8 rings (SSSR count). The van der Waals surface area contributed by atoms with E-state index in [4.69, 9.17) is 30.7 Å². The first kappa shape index (κ1) is 59.8. The van der Waals surface area contributed by atoms with Crippen molar-refractivity contribution in [2.24, 2.45) is 11.5 Å². The number of aliphatic hydroxyl groups is 3. The first-order chi connectivity index (χ1) is 39.1. The number of aliphatic hydroxyl groups excluding tert-OH is 2. The number of pyridine rings is 2. The number of carbonyl (C=O) groups is 9. The number of primary amides is 1. The Labute approximate surface area is 466 Å². The molecule has 2 aromatic heterocycles. The minimum absolute atomic E-state index is 0.0138. The van der Waals surface area contributed by atoms with Crippen molar-refractivity contribution in [1.82, 2.24) is 46.8 Å². The predicted octanol–water partition coefficient (Wildman–Crippen LogP) is -3.61. The monoisotopic (exact) mass is 1140 g/mol. The van der Waals surface area contributed by atoms with Crippen LogP contribution < -0.4 is 54.2 Å². The second kappa shape index (κ2) is 25.7. The Kier molecular flexibility index (Phi) is 18.7.